The summed E-state index contributed by atoms with van der Waals surface area (Å²) in [5, 5.41) is 15.7. The number of hydroxylamine groups is 1. The van der Waals surface area contributed by atoms with Gasteiger partial charge in [0.1, 0.15) is 0 Å². The van der Waals surface area contributed by atoms with E-state index >= 15 is 0 Å². The predicted octanol–water partition coefficient (Wildman–Crippen LogP) is 5.23. The van der Waals surface area contributed by atoms with Crippen LogP contribution in [0.15, 0.2) is 58.9 Å². The van der Waals surface area contributed by atoms with Crippen LogP contribution in [-0.2, 0) is 6.54 Å². The zero-order valence-corrected chi connectivity index (χ0v) is 14.2. The van der Waals surface area contributed by atoms with Crippen LogP contribution in [0.5, 0.6) is 0 Å². The second-order valence-electron chi connectivity index (χ2n) is 4.92. The van der Waals surface area contributed by atoms with Crippen molar-refractivity contribution in [1.29, 1.82) is 0 Å². The normalized spacial score (nSPS) is 10.6. The number of benzene rings is 2. The molecule has 0 unspecified atom stereocenters. The Balaban J connectivity index is 1.72. The number of hydrogen-bond acceptors (Lipinski definition) is 4. The van der Waals surface area contributed by atoms with Gasteiger partial charge in [-0.2, -0.15) is 0 Å². The van der Waals surface area contributed by atoms with Crippen LogP contribution < -0.4 is 10.8 Å². The molecule has 1 aromatic heterocycles. The van der Waals surface area contributed by atoms with Crippen LogP contribution in [0.25, 0.3) is 15.8 Å². The maximum Gasteiger partial charge on any atom is 0.0602 e. The first-order valence-electron chi connectivity index (χ1n) is 6.76. The van der Waals surface area contributed by atoms with E-state index in [1.165, 1.54) is 15.6 Å². The minimum absolute atomic E-state index is 0.487. The highest BCUT2D eigenvalue weighted by atomic mass is 79.9. The Morgan fingerprint density at radius 3 is 2.68 bits per heavy atom. The fourth-order valence-corrected chi connectivity index (χ4v) is 3.76. The molecule has 3 rings (SSSR count). The third kappa shape index (κ3) is 3.16. The van der Waals surface area contributed by atoms with Gasteiger partial charge in [0, 0.05) is 21.4 Å². The summed E-state index contributed by atoms with van der Waals surface area (Å²) in [6, 6.07) is 14.1. The van der Waals surface area contributed by atoms with E-state index in [2.05, 4.69) is 56.9 Å². The molecule has 0 saturated heterocycles. The van der Waals surface area contributed by atoms with Crippen molar-refractivity contribution >= 4 is 48.7 Å². The molecule has 0 radical (unpaired) electrons. The summed E-state index contributed by atoms with van der Waals surface area (Å²) in [6.07, 6.45) is 0. The lowest BCUT2D eigenvalue weighted by molar-refractivity contribution is 0.225. The molecule has 5 heteroatoms. The summed E-state index contributed by atoms with van der Waals surface area (Å²) in [5.41, 5.74) is 5.73. The zero-order valence-electron chi connectivity index (χ0n) is 11.8. The summed E-state index contributed by atoms with van der Waals surface area (Å²) in [7, 11) is 0. The van der Waals surface area contributed by atoms with Gasteiger partial charge in [-0.1, -0.05) is 40.7 Å². The molecule has 0 atom stereocenters. The van der Waals surface area contributed by atoms with E-state index in [9.17, 15) is 0 Å². The lowest BCUT2D eigenvalue weighted by Crippen LogP contribution is -2.04. The fraction of sp³-hybridized carbons (Fsp3) is 0.0588. The van der Waals surface area contributed by atoms with E-state index in [4.69, 9.17) is 5.21 Å². The Morgan fingerprint density at radius 1 is 1.18 bits per heavy atom. The Morgan fingerprint density at radius 2 is 1.95 bits per heavy atom. The van der Waals surface area contributed by atoms with Crippen LogP contribution in [0, 0.1) is 0 Å². The number of anilines is 1. The topological polar surface area (TPSA) is 44.3 Å². The van der Waals surface area contributed by atoms with Crippen molar-refractivity contribution in [3.8, 4) is 0 Å². The fourth-order valence-electron chi connectivity index (χ4n) is 2.25. The van der Waals surface area contributed by atoms with E-state index in [0.29, 0.717) is 5.70 Å². The number of rotatable bonds is 5. The standard InChI is InChI=1S/C17H15BrN2OS/c1-11(20-21)12-2-5-15(6-3-12)19-9-13-10-22-17-8-14(18)4-7-16(13)17/h2-8,10,19-21H,1,9H2. The van der Waals surface area contributed by atoms with Crippen molar-refractivity contribution in [3.63, 3.8) is 0 Å². The van der Waals surface area contributed by atoms with Gasteiger partial charge in [0.15, 0.2) is 0 Å². The van der Waals surface area contributed by atoms with Gasteiger partial charge in [-0.25, -0.2) is 0 Å². The number of nitrogens with one attached hydrogen (secondary N) is 2. The van der Waals surface area contributed by atoms with Crippen LogP contribution in [0.4, 0.5) is 5.69 Å². The van der Waals surface area contributed by atoms with Gasteiger partial charge < -0.3 is 5.32 Å². The van der Waals surface area contributed by atoms with Crippen LogP contribution in [-0.4, -0.2) is 5.21 Å². The van der Waals surface area contributed by atoms with E-state index in [0.717, 1.165) is 22.3 Å². The Hall–Kier alpha value is -1.82. The molecule has 0 fully saturated rings. The quantitative estimate of drug-likeness (QED) is 0.536. The average Bonchev–Trinajstić information content (AvgIpc) is 2.94. The van der Waals surface area contributed by atoms with Crippen molar-refractivity contribution in [2.75, 3.05) is 5.32 Å². The van der Waals surface area contributed by atoms with Gasteiger partial charge in [0.2, 0.25) is 0 Å². The van der Waals surface area contributed by atoms with Crippen molar-refractivity contribution in [3.05, 3.63) is 70.0 Å². The largest absolute Gasteiger partial charge is 0.381 e. The number of fused-ring (bicyclic) bond motifs is 1. The Kier molecular flexibility index (Phi) is 4.47. The smallest absolute Gasteiger partial charge is 0.0602 e. The summed E-state index contributed by atoms with van der Waals surface area (Å²) >= 11 is 5.26. The van der Waals surface area contributed by atoms with Gasteiger partial charge in [0.25, 0.3) is 0 Å². The summed E-state index contributed by atoms with van der Waals surface area (Å²) in [5.74, 6) is 0. The van der Waals surface area contributed by atoms with E-state index in [-0.39, 0.29) is 0 Å². The minimum atomic E-state index is 0.487. The van der Waals surface area contributed by atoms with Gasteiger partial charge in [-0.15, -0.1) is 11.3 Å². The second kappa shape index (κ2) is 6.52. The first kappa shape index (κ1) is 15.1. The average molecular weight is 375 g/mol. The molecule has 1 heterocycles. The van der Waals surface area contributed by atoms with Crippen molar-refractivity contribution in [2.24, 2.45) is 0 Å². The first-order valence-corrected chi connectivity index (χ1v) is 8.43. The maximum atomic E-state index is 8.84. The number of hydrogen-bond donors (Lipinski definition) is 3. The molecule has 0 aliphatic heterocycles. The third-order valence-electron chi connectivity index (χ3n) is 3.47. The molecule has 112 valence electrons. The summed E-state index contributed by atoms with van der Waals surface area (Å²) in [6.45, 7) is 4.49. The SMILES string of the molecule is C=C(NO)c1ccc(NCc2csc3cc(Br)ccc23)cc1. The molecule has 3 nitrogen and oxygen atoms in total. The molecule has 3 aromatic rings. The summed E-state index contributed by atoms with van der Waals surface area (Å²) < 4.78 is 2.39. The highest BCUT2D eigenvalue weighted by molar-refractivity contribution is 9.10. The van der Waals surface area contributed by atoms with Gasteiger partial charge in [0.05, 0.1) is 5.70 Å². The Labute approximate surface area is 141 Å². The lowest BCUT2D eigenvalue weighted by atomic mass is 10.1. The summed E-state index contributed by atoms with van der Waals surface area (Å²) in [4.78, 5) is 0. The van der Waals surface area contributed by atoms with E-state index < -0.39 is 0 Å². The van der Waals surface area contributed by atoms with E-state index in [1.54, 1.807) is 11.3 Å². The Bertz CT molecular complexity index is 811. The molecule has 0 saturated carbocycles. The van der Waals surface area contributed by atoms with Crippen LogP contribution in [0.3, 0.4) is 0 Å². The number of thiophene rings is 1. The molecule has 2 aromatic carbocycles. The number of halogens is 1. The van der Waals surface area contributed by atoms with Gasteiger partial charge in [-0.3, -0.25) is 10.7 Å². The van der Waals surface area contributed by atoms with E-state index in [1.807, 2.05) is 24.3 Å². The lowest BCUT2D eigenvalue weighted by Gasteiger charge is -2.08. The molecular weight excluding hydrogens is 360 g/mol. The third-order valence-corrected chi connectivity index (χ3v) is 4.96. The van der Waals surface area contributed by atoms with Crippen molar-refractivity contribution in [2.45, 2.75) is 6.54 Å². The zero-order chi connectivity index (χ0) is 15.5. The molecule has 22 heavy (non-hydrogen) atoms. The molecule has 0 spiro atoms. The van der Waals surface area contributed by atoms with Crippen molar-refractivity contribution < 1.29 is 5.21 Å². The molecule has 0 aliphatic carbocycles. The predicted molar refractivity (Wildman–Crippen MR) is 97.2 cm³/mol. The monoisotopic (exact) mass is 374 g/mol. The first-order chi connectivity index (χ1) is 10.7. The maximum absolute atomic E-state index is 8.84. The van der Waals surface area contributed by atoms with Crippen LogP contribution in [0.1, 0.15) is 11.1 Å². The van der Waals surface area contributed by atoms with Crippen LogP contribution >= 0.6 is 27.3 Å². The highest BCUT2D eigenvalue weighted by Gasteiger charge is 2.05. The second-order valence-corrected chi connectivity index (χ2v) is 6.75. The van der Waals surface area contributed by atoms with Crippen molar-refractivity contribution in [1.82, 2.24) is 5.48 Å². The minimum Gasteiger partial charge on any atom is -0.381 e. The van der Waals surface area contributed by atoms with Gasteiger partial charge in [-0.05, 0) is 46.2 Å². The van der Waals surface area contributed by atoms with Gasteiger partial charge >= 0.3 is 0 Å². The molecule has 0 bridgehead atoms. The highest BCUT2D eigenvalue weighted by Crippen LogP contribution is 2.29. The molecule has 0 aliphatic rings. The van der Waals surface area contributed by atoms with Crippen LogP contribution in [0.2, 0.25) is 0 Å². The molecule has 3 N–H and O–H groups in total. The molecular formula is C17H15BrN2OS. The molecule has 0 amide bonds.